The Hall–Kier alpha value is -1.79. The van der Waals surface area contributed by atoms with Crippen molar-refractivity contribution in [2.24, 2.45) is 0 Å². The second kappa shape index (κ2) is 9.24. The normalized spacial score (nSPS) is 15.6. The molecule has 1 aliphatic rings. The predicted octanol–water partition coefficient (Wildman–Crippen LogP) is 2.55. The van der Waals surface area contributed by atoms with E-state index < -0.39 is 5.60 Å². The van der Waals surface area contributed by atoms with Gasteiger partial charge in [0.15, 0.2) is 0 Å². The van der Waals surface area contributed by atoms with Gasteiger partial charge in [-0.3, -0.25) is 9.69 Å². The molecule has 1 heterocycles. The van der Waals surface area contributed by atoms with Crippen LogP contribution >= 0.6 is 11.6 Å². The summed E-state index contributed by atoms with van der Waals surface area (Å²) in [6, 6.07) is 7.29. The van der Waals surface area contributed by atoms with Crippen LogP contribution in [0.2, 0.25) is 5.02 Å². The molecule has 1 aromatic rings. The summed E-state index contributed by atoms with van der Waals surface area (Å²) >= 11 is 5.84. The van der Waals surface area contributed by atoms with Crippen molar-refractivity contribution in [3.63, 3.8) is 0 Å². The minimum atomic E-state index is -0.470. The summed E-state index contributed by atoms with van der Waals surface area (Å²) in [6.45, 7) is 9.84. The van der Waals surface area contributed by atoms with Gasteiger partial charge in [0.2, 0.25) is 5.91 Å². The Balaban J connectivity index is 1.63. The Kier molecular flexibility index (Phi) is 7.29. The van der Waals surface area contributed by atoms with E-state index in [-0.39, 0.29) is 12.0 Å². The number of hydrogen-bond donors (Lipinski definition) is 1. The summed E-state index contributed by atoms with van der Waals surface area (Å²) in [4.78, 5) is 28.0. The number of carbonyl (C=O) groups excluding carboxylic acids is 2. The van der Waals surface area contributed by atoms with Crippen molar-refractivity contribution in [2.45, 2.75) is 32.8 Å². The van der Waals surface area contributed by atoms with Crippen LogP contribution in [-0.4, -0.2) is 66.7 Å². The lowest BCUT2D eigenvalue weighted by Gasteiger charge is -2.35. The van der Waals surface area contributed by atoms with Crippen LogP contribution in [0.3, 0.4) is 0 Å². The predicted molar refractivity (Wildman–Crippen MR) is 102 cm³/mol. The highest BCUT2D eigenvalue weighted by Crippen LogP contribution is 2.12. The minimum Gasteiger partial charge on any atom is -0.444 e. The average molecular weight is 382 g/mol. The van der Waals surface area contributed by atoms with Gasteiger partial charge >= 0.3 is 6.09 Å². The zero-order chi connectivity index (χ0) is 19.2. The first-order valence-corrected chi connectivity index (χ1v) is 9.32. The molecule has 0 radical (unpaired) electrons. The van der Waals surface area contributed by atoms with Crippen molar-refractivity contribution in [3.05, 3.63) is 34.9 Å². The summed E-state index contributed by atoms with van der Waals surface area (Å²) < 4.78 is 5.39. The molecule has 2 rings (SSSR count). The van der Waals surface area contributed by atoms with E-state index >= 15 is 0 Å². The zero-order valence-corrected chi connectivity index (χ0v) is 16.5. The Labute approximate surface area is 160 Å². The lowest BCUT2D eigenvalue weighted by Crippen LogP contribution is -2.51. The fourth-order valence-electron chi connectivity index (χ4n) is 2.68. The third-order valence-corrected chi connectivity index (χ3v) is 4.30. The summed E-state index contributed by atoms with van der Waals surface area (Å²) in [5, 5.41) is 3.61. The molecule has 1 N–H and O–H groups in total. The fourth-order valence-corrected chi connectivity index (χ4v) is 2.81. The number of nitrogens with one attached hydrogen (secondary N) is 1. The molecule has 1 aliphatic heterocycles. The quantitative estimate of drug-likeness (QED) is 0.851. The van der Waals surface area contributed by atoms with Gasteiger partial charge < -0.3 is 15.0 Å². The summed E-state index contributed by atoms with van der Waals surface area (Å²) in [5.41, 5.74) is 0.473. The van der Waals surface area contributed by atoms with Gasteiger partial charge in [0.25, 0.3) is 0 Å². The number of rotatable bonds is 5. The number of piperazine rings is 1. The minimum absolute atomic E-state index is 0.000265. The molecule has 1 fully saturated rings. The molecule has 2 amide bonds. The van der Waals surface area contributed by atoms with Crippen LogP contribution in [0.5, 0.6) is 0 Å². The Morgan fingerprint density at radius 1 is 1.12 bits per heavy atom. The van der Waals surface area contributed by atoms with Crippen LogP contribution < -0.4 is 5.32 Å². The SMILES string of the molecule is CC(C)(C)OC(=O)N1CCN(CCNC(=O)Cc2ccc(Cl)cc2)CC1. The standard InChI is InChI=1S/C19H28ClN3O3/c1-19(2,3)26-18(25)23-12-10-22(11-13-23)9-8-21-17(24)14-15-4-6-16(20)7-5-15/h4-7H,8-14H2,1-3H3,(H,21,24). The van der Waals surface area contributed by atoms with Crippen LogP contribution in [-0.2, 0) is 16.0 Å². The number of benzene rings is 1. The maximum Gasteiger partial charge on any atom is 0.410 e. The van der Waals surface area contributed by atoms with Crippen molar-refractivity contribution in [2.75, 3.05) is 39.3 Å². The second-order valence-corrected chi connectivity index (χ2v) is 7.90. The zero-order valence-electron chi connectivity index (χ0n) is 15.8. The van der Waals surface area contributed by atoms with Gasteiger partial charge in [-0.15, -0.1) is 0 Å². The van der Waals surface area contributed by atoms with Crippen LogP contribution in [0.15, 0.2) is 24.3 Å². The van der Waals surface area contributed by atoms with E-state index in [2.05, 4.69) is 10.2 Å². The first kappa shape index (κ1) is 20.5. The fraction of sp³-hybridized carbons (Fsp3) is 0.579. The second-order valence-electron chi connectivity index (χ2n) is 7.46. The highest BCUT2D eigenvalue weighted by molar-refractivity contribution is 6.30. The molecule has 1 aromatic carbocycles. The highest BCUT2D eigenvalue weighted by Gasteiger charge is 2.25. The molecule has 0 aromatic heterocycles. The van der Waals surface area contributed by atoms with Gasteiger partial charge in [0.05, 0.1) is 6.42 Å². The topological polar surface area (TPSA) is 61.9 Å². The Morgan fingerprint density at radius 2 is 1.73 bits per heavy atom. The monoisotopic (exact) mass is 381 g/mol. The van der Waals surface area contributed by atoms with E-state index in [4.69, 9.17) is 16.3 Å². The molecule has 7 heteroatoms. The van der Waals surface area contributed by atoms with Crippen LogP contribution in [0.1, 0.15) is 26.3 Å². The van der Waals surface area contributed by atoms with E-state index in [1.54, 1.807) is 17.0 Å². The van der Waals surface area contributed by atoms with Gasteiger partial charge in [-0.2, -0.15) is 0 Å². The molecule has 0 unspecified atom stereocenters. The number of ether oxygens (including phenoxy) is 1. The molecular weight excluding hydrogens is 354 g/mol. The highest BCUT2D eigenvalue weighted by atomic mass is 35.5. The number of carbonyl (C=O) groups is 2. The van der Waals surface area contributed by atoms with Crippen LogP contribution in [0, 0.1) is 0 Å². The summed E-state index contributed by atoms with van der Waals surface area (Å²) in [5.74, 6) is -0.000265. The maximum atomic E-state index is 12.0. The van der Waals surface area contributed by atoms with E-state index in [0.717, 1.165) is 25.2 Å². The van der Waals surface area contributed by atoms with Gasteiger partial charge in [0, 0.05) is 44.3 Å². The largest absolute Gasteiger partial charge is 0.444 e. The van der Waals surface area contributed by atoms with Crippen molar-refractivity contribution in [3.8, 4) is 0 Å². The molecule has 0 atom stereocenters. The summed E-state index contributed by atoms with van der Waals surface area (Å²) in [6.07, 6.45) is 0.0947. The van der Waals surface area contributed by atoms with Gasteiger partial charge in [-0.1, -0.05) is 23.7 Å². The van der Waals surface area contributed by atoms with Crippen LogP contribution in [0.25, 0.3) is 0 Å². The molecule has 26 heavy (non-hydrogen) atoms. The molecule has 0 aliphatic carbocycles. The van der Waals surface area contributed by atoms with E-state index in [1.165, 1.54) is 0 Å². The molecule has 6 nitrogen and oxygen atoms in total. The number of nitrogens with zero attached hydrogens (tertiary/aromatic N) is 2. The molecular formula is C19H28ClN3O3. The Bertz CT molecular complexity index is 605. The van der Waals surface area contributed by atoms with Crippen molar-refractivity contribution < 1.29 is 14.3 Å². The number of halogens is 1. The molecule has 0 spiro atoms. The Morgan fingerprint density at radius 3 is 2.31 bits per heavy atom. The molecule has 0 saturated carbocycles. The van der Waals surface area contributed by atoms with Gasteiger partial charge in [0.1, 0.15) is 5.60 Å². The number of hydrogen-bond acceptors (Lipinski definition) is 4. The smallest absolute Gasteiger partial charge is 0.410 e. The molecule has 0 bridgehead atoms. The van der Waals surface area contributed by atoms with Crippen molar-refractivity contribution in [1.29, 1.82) is 0 Å². The lowest BCUT2D eigenvalue weighted by molar-refractivity contribution is -0.120. The van der Waals surface area contributed by atoms with Crippen LogP contribution in [0.4, 0.5) is 4.79 Å². The van der Waals surface area contributed by atoms with Crippen molar-refractivity contribution >= 4 is 23.6 Å². The number of amides is 2. The molecule has 1 saturated heterocycles. The third-order valence-electron chi connectivity index (χ3n) is 4.05. The summed E-state index contributed by atoms with van der Waals surface area (Å²) in [7, 11) is 0. The molecule has 144 valence electrons. The first-order chi connectivity index (χ1) is 12.2. The van der Waals surface area contributed by atoms with Gasteiger partial charge in [-0.05, 0) is 38.5 Å². The maximum absolute atomic E-state index is 12.0. The first-order valence-electron chi connectivity index (χ1n) is 8.94. The average Bonchev–Trinajstić information content (AvgIpc) is 2.56. The van der Waals surface area contributed by atoms with E-state index in [1.807, 2.05) is 32.9 Å². The van der Waals surface area contributed by atoms with E-state index in [9.17, 15) is 9.59 Å². The van der Waals surface area contributed by atoms with E-state index in [0.29, 0.717) is 31.1 Å². The van der Waals surface area contributed by atoms with Gasteiger partial charge in [-0.25, -0.2) is 4.79 Å². The third kappa shape index (κ3) is 7.22. The lowest BCUT2D eigenvalue weighted by atomic mass is 10.1. The van der Waals surface area contributed by atoms with Crippen molar-refractivity contribution in [1.82, 2.24) is 15.1 Å².